The minimum absolute atomic E-state index is 0.251. The highest BCUT2D eigenvalue weighted by Gasteiger charge is 2.09. The SMILES string of the molecule is CC(N)c1cc(F)ccc1OCCCn1ccnc1. The molecule has 1 aromatic heterocycles. The lowest BCUT2D eigenvalue weighted by atomic mass is 10.1. The number of aromatic nitrogens is 2. The fraction of sp³-hybridized carbons (Fsp3) is 0.357. The van der Waals surface area contributed by atoms with Crippen LogP contribution >= 0.6 is 0 Å². The summed E-state index contributed by atoms with van der Waals surface area (Å²) in [6.07, 6.45) is 6.28. The third-order valence-electron chi connectivity index (χ3n) is 2.84. The minimum Gasteiger partial charge on any atom is -0.493 e. The van der Waals surface area contributed by atoms with Gasteiger partial charge in [-0.25, -0.2) is 9.37 Å². The monoisotopic (exact) mass is 263 g/mol. The normalized spacial score (nSPS) is 12.4. The molecule has 102 valence electrons. The molecule has 0 aliphatic heterocycles. The van der Waals surface area contributed by atoms with Gasteiger partial charge in [0.1, 0.15) is 11.6 Å². The summed E-state index contributed by atoms with van der Waals surface area (Å²) >= 11 is 0. The van der Waals surface area contributed by atoms with E-state index in [2.05, 4.69) is 4.98 Å². The highest BCUT2D eigenvalue weighted by atomic mass is 19.1. The predicted molar refractivity (Wildman–Crippen MR) is 71.3 cm³/mol. The zero-order valence-electron chi connectivity index (χ0n) is 10.9. The fourth-order valence-electron chi connectivity index (χ4n) is 1.85. The number of ether oxygens (including phenoxy) is 1. The van der Waals surface area contributed by atoms with Crippen molar-refractivity contribution in [2.45, 2.75) is 25.9 Å². The van der Waals surface area contributed by atoms with Crippen LogP contribution in [0.25, 0.3) is 0 Å². The first-order valence-corrected chi connectivity index (χ1v) is 6.30. The molecule has 0 fully saturated rings. The number of benzene rings is 1. The van der Waals surface area contributed by atoms with Gasteiger partial charge in [0.2, 0.25) is 0 Å². The Morgan fingerprint density at radius 3 is 3.00 bits per heavy atom. The number of halogens is 1. The Balaban J connectivity index is 1.88. The highest BCUT2D eigenvalue weighted by Crippen LogP contribution is 2.24. The summed E-state index contributed by atoms with van der Waals surface area (Å²) in [6.45, 7) is 3.21. The maximum atomic E-state index is 13.2. The van der Waals surface area contributed by atoms with Crippen LogP contribution < -0.4 is 10.5 Å². The van der Waals surface area contributed by atoms with Crippen LogP contribution in [-0.2, 0) is 6.54 Å². The van der Waals surface area contributed by atoms with Gasteiger partial charge in [0.15, 0.2) is 0 Å². The minimum atomic E-state index is -0.293. The first kappa shape index (κ1) is 13.5. The number of nitrogens with two attached hydrogens (primary N) is 1. The average molecular weight is 263 g/mol. The van der Waals surface area contributed by atoms with E-state index in [1.165, 1.54) is 12.1 Å². The molecule has 2 rings (SSSR count). The van der Waals surface area contributed by atoms with E-state index in [4.69, 9.17) is 10.5 Å². The smallest absolute Gasteiger partial charge is 0.124 e. The molecule has 0 radical (unpaired) electrons. The maximum Gasteiger partial charge on any atom is 0.124 e. The Bertz CT molecular complexity index is 511. The summed E-state index contributed by atoms with van der Waals surface area (Å²) in [5.74, 6) is 0.361. The number of rotatable bonds is 6. The molecule has 0 spiro atoms. The second kappa shape index (κ2) is 6.33. The second-order valence-corrected chi connectivity index (χ2v) is 4.47. The van der Waals surface area contributed by atoms with Crippen LogP contribution in [0.1, 0.15) is 24.9 Å². The van der Waals surface area contributed by atoms with E-state index in [-0.39, 0.29) is 11.9 Å². The molecule has 0 aliphatic rings. The number of aryl methyl sites for hydroxylation is 1. The maximum absolute atomic E-state index is 13.2. The first-order valence-electron chi connectivity index (χ1n) is 6.30. The van der Waals surface area contributed by atoms with Gasteiger partial charge in [-0.3, -0.25) is 0 Å². The van der Waals surface area contributed by atoms with Gasteiger partial charge in [-0.1, -0.05) is 0 Å². The van der Waals surface area contributed by atoms with Gasteiger partial charge in [-0.05, 0) is 31.5 Å². The number of imidazole rings is 1. The number of hydrogen-bond donors (Lipinski definition) is 1. The largest absolute Gasteiger partial charge is 0.493 e. The summed E-state index contributed by atoms with van der Waals surface area (Å²) in [7, 11) is 0. The van der Waals surface area contributed by atoms with Gasteiger partial charge in [0.05, 0.1) is 12.9 Å². The summed E-state index contributed by atoms with van der Waals surface area (Å²) in [5, 5.41) is 0. The topological polar surface area (TPSA) is 53.1 Å². The van der Waals surface area contributed by atoms with Crippen molar-refractivity contribution in [3.05, 3.63) is 48.3 Å². The van der Waals surface area contributed by atoms with E-state index in [9.17, 15) is 4.39 Å². The second-order valence-electron chi connectivity index (χ2n) is 4.47. The predicted octanol–water partition coefficient (Wildman–Crippen LogP) is 2.51. The Morgan fingerprint density at radius 1 is 1.47 bits per heavy atom. The van der Waals surface area contributed by atoms with Crippen LogP contribution in [-0.4, -0.2) is 16.2 Å². The van der Waals surface area contributed by atoms with Crippen molar-refractivity contribution in [1.29, 1.82) is 0 Å². The molecule has 1 aromatic carbocycles. The summed E-state index contributed by atoms with van der Waals surface area (Å²) in [6, 6.07) is 4.19. The zero-order chi connectivity index (χ0) is 13.7. The molecule has 0 aliphatic carbocycles. The number of nitrogens with zero attached hydrogens (tertiary/aromatic N) is 2. The summed E-state index contributed by atoms with van der Waals surface area (Å²) < 4.78 is 20.8. The first-order chi connectivity index (χ1) is 9.16. The lowest BCUT2D eigenvalue weighted by molar-refractivity contribution is 0.297. The molecule has 1 heterocycles. The number of hydrogen-bond acceptors (Lipinski definition) is 3. The Labute approximate surface area is 112 Å². The Hall–Kier alpha value is -1.88. The van der Waals surface area contributed by atoms with Gasteiger partial charge < -0.3 is 15.0 Å². The van der Waals surface area contributed by atoms with E-state index in [0.29, 0.717) is 17.9 Å². The molecular weight excluding hydrogens is 245 g/mol. The van der Waals surface area contributed by atoms with Crippen LogP contribution in [0.2, 0.25) is 0 Å². The average Bonchev–Trinajstić information content (AvgIpc) is 2.89. The van der Waals surface area contributed by atoms with Crippen LogP contribution in [0.15, 0.2) is 36.9 Å². The fourth-order valence-corrected chi connectivity index (χ4v) is 1.85. The molecule has 1 atom stereocenters. The van der Waals surface area contributed by atoms with Crippen molar-refractivity contribution in [2.24, 2.45) is 5.73 Å². The lowest BCUT2D eigenvalue weighted by Gasteiger charge is -2.14. The van der Waals surface area contributed by atoms with Gasteiger partial charge >= 0.3 is 0 Å². The van der Waals surface area contributed by atoms with Crippen molar-refractivity contribution in [3.63, 3.8) is 0 Å². The van der Waals surface area contributed by atoms with Crippen molar-refractivity contribution >= 4 is 0 Å². The van der Waals surface area contributed by atoms with Crippen LogP contribution in [0.5, 0.6) is 5.75 Å². The van der Waals surface area contributed by atoms with Crippen molar-refractivity contribution in [3.8, 4) is 5.75 Å². The van der Waals surface area contributed by atoms with Crippen LogP contribution in [0.4, 0.5) is 4.39 Å². The standard InChI is InChI=1S/C14H18FN3O/c1-11(16)13-9-12(15)3-4-14(13)19-8-2-6-18-7-5-17-10-18/h3-5,7,9-11H,2,6,8,16H2,1H3. The van der Waals surface area contributed by atoms with Crippen molar-refractivity contribution in [1.82, 2.24) is 9.55 Å². The molecule has 0 saturated heterocycles. The third kappa shape index (κ3) is 3.79. The van der Waals surface area contributed by atoms with E-state index in [1.54, 1.807) is 18.6 Å². The summed E-state index contributed by atoms with van der Waals surface area (Å²) in [4.78, 5) is 3.97. The van der Waals surface area contributed by atoms with E-state index in [1.807, 2.05) is 17.7 Å². The molecular formula is C14H18FN3O. The quantitative estimate of drug-likeness (QED) is 0.815. The van der Waals surface area contributed by atoms with Crippen LogP contribution in [0.3, 0.4) is 0 Å². The van der Waals surface area contributed by atoms with E-state index >= 15 is 0 Å². The van der Waals surface area contributed by atoms with E-state index in [0.717, 1.165) is 13.0 Å². The lowest BCUT2D eigenvalue weighted by Crippen LogP contribution is -2.10. The molecule has 2 N–H and O–H groups in total. The zero-order valence-corrected chi connectivity index (χ0v) is 10.9. The molecule has 0 saturated carbocycles. The third-order valence-corrected chi connectivity index (χ3v) is 2.84. The van der Waals surface area contributed by atoms with Gasteiger partial charge in [-0.2, -0.15) is 0 Å². The van der Waals surface area contributed by atoms with Crippen molar-refractivity contribution in [2.75, 3.05) is 6.61 Å². The van der Waals surface area contributed by atoms with Crippen LogP contribution in [0, 0.1) is 5.82 Å². The highest BCUT2D eigenvalue weighted by molar-refractivity contribution is 5.36. The van der Waals surface area contributed by atoms with Crippen molar-refractivity contribution < 1.29 is 9.13 Å². The molecule has 0 bridgehead atoms. The van der Waals surface area contributed by atoms with Gasteiger partial charge in [0, 0.05) is 30.5 Å². The molecule has 2 aromatic rings. The molecule has 1 unspecified atom stereocenters. The Morgan fingerprint density at radius 2 is 2.32 bits per heavy atom. The molecule has 4 nitrogen and oxygen atoms in total. The summed E-state index contributed by atoms with van der Waals surface area (Å²) in [5.41, 5.74) is 6.50. The van der Waals surface area contributed by atoms with E-state index < -0.39 is 0 Å². The molecule has 5 heteroatoms. The van der Waals surface area contributed by atoms with Gasteiger partial charge in [0.25, 0.3) is 0 Å². The van der Waals surface area contributed by atoms with Gasteiger partial charge in [-0.15, -0.1) is 0 Å². The Kier molecular flexibility index (Phi) is 4.52. The molecule has 19 heavy (non-hydrogen) atoms. The molecule has 0 amide bonds.